The highest BCUT2D eigenvalue weighted by atomic mass is 16.5. The molecule has 1 unspecified atom stereocenters. The first-order valence-electron chi connectivity index (χ1n) is 11.2. The monoisotopic (exact) mass is 452 g/mol. The minimum atomic E-state index is -0.684. The van der Waals surface area contributed by atoms with Crippen LogP contribution < -0.4 is 9.47 Å². The van der Waals surface area contributed by atoms with E-state index in [1.807, 2.05) is 50.2 Å². The van der Waals surface area contributed by atoms with Crippen LogP contribution in [0.5, 0.6) is 11.5 Å². The fourth-order valence-corrected chi connectivity index (χ4v) is 3.91. The number of ketones is 1. The average molecular weight is 453 g/mol. The number of hydrogen-bond donors (Lipinski definition) is 1. The topological polar surface area (TPSA) is 79.3 Å². The van der Waals surface area contributed by atoms with Gasteiger partial charge in [-0.25, -0.2) is 0 Å². The molecule has 1 amide bonds. The largest absolute Gasteiger partial charge is 0.507 e. The molecular weight excluding hydrogens is 420 g/mol. The molecule has 0 saturated carbocycles. The Hall–Kier alpha value is -3.32. The predicted octanol–water partition coefficient (Wildman–Crippen LogP) is 3.86. The van der Waals surface area contributed by atoms with Gasteiger partial charge in [0.15, 0.2) is 0 Å². The third-order valence-corrected chi connectivity index (χ3v) is 5.56. The molecule has 0 spiro atoms. The van der Waals surface area contributed by atoms with Gasteiger partial charge in [0.25, 0.3) is 11.7 Å². The summed E-state index contributed by atoms with van der Waals surface area (Å²) in [6.07, 6.45) is 1.60. The summed E-state index contributed by atoms with van der Waals surface area (Å²) in [5.74, 6) is -0.226. The molecule has 1 N–H and O–H groups in total. The van der Waals surface area contributed by atoms with E-state index in [4.69, 9.17) is 9.47 Å². The minimum absolute atomic E-state index is 0.0836. The highest BCUT2D eigenvalue weighted by Crippen LogP contribution is 2.40. The molecule has 1 saturated heterocycles. The number of aliphatic hydroxyl groups is 1. The Balaban J connectivity index is 2.05. The van der Waals surface area contributed by atoms with E-state index in [0.29, 0.717) is 30.9 Å². The van der Waals surface area contributed by atoms with Crippen molar-refractivity contribution in [3.63, 3.8) is 0 Å². The lowest BCUT2D eigenvalue weighted by molar-refractivity contribution is -0.139. The Labute approximate surface area is 195 Å². The van der Waals surface area contributed by atoms with Crippen LogP contribution in [0, 0.1) is 0 Å². The molecule has 7 heteroatoms. The molecule has 2 aromatic rings. The van der Waals surface area contributed by atoms with Gasteiger partial charge < -0.3 is 24.4 Å². The van der Waals surface area contributed by atoms with E-state index in [0.717, 1.165) is 24.3 Å². The van der Waals surface area contributed by atoms with Gasteiger partial charge in [-0.15, -0.1) is 0 Å². The van der Waals surface area contributed by atoms with Crippen molar-refractivity contribution < 1.29 is 24.2 Å². The van der Waals surface area contributed by atoms with Crippen LogP contribution in [0.25, 0.3) is 5.76 Å². The number of carbonyl (C=O) groups is 2. The molecule has 0 bridgehead atoms. The first-order valence-corrected chi connectivity index (χ1v) is 11.2. The molecular formula is C26H32N2O5. The molecule has 2 aromatic carbocycles. The number of amides is 1. The van der Waals surface area contributed by atoms with Gasteiger partial charge in [-0.2, -0.15) is 0 Å². The number of methoxy groups -OCH3 is 1. The van der Waals surface area contributed by atoms with E-state index in [-0.39, 0.29) is 11.3 Å². The summed E-state index contributed by atoms with van der Waals surface area (Å²) >= 11 is 0. The van der Waals surface area contributed by atoms with Crippen molar-refractivity contribution in [3.05, 3.63) is 65.2 Å². The van der Waals surface area contributed by atoms with Crippen molar-refractivity contribution in [1.29, 1.82) is 0 Å². The number of ether oxygens (including phenoxy) is 2. The molecule has 33 heavy (non-hydrogen) atoms. The van der Waals surface area contributed by atoms with Gasteiger partial charge in [0.2, 0.25) is 0 Å². The van der Waals surface area contributed by atoms with E-state index in [1.54, 1.807) is 29.2 Å². The molecule has 1 heterocycles. The van der Waals surface area contributed by atoms with Gasteiger partial charge in [-0.05, 0) is 63.3 Å². The van der Waals surface area contributed by atoms with Gasteiger partial charge in [0.1, 0.15) is 17.3 Å². The Bertz CT molecular complexity index is 1010. The number of hydrogen-bond acceptors (Lipinski definition) is 6. The lowest BCUT2D eigenvalue weighted by atomic mass is 9.95. The van der Waals surface area contributed by atoms with Crippen LogP contribution in [0.15, 0.2) is 54.1 Å². The SMILES string of the molecule is CCCOc1ccc(C2C(=C(O)c3cccc(OC)c3)C(=O)C(=O)N2CCCN(C)C)cc1. The fraction of sp³-hybridized carbons (Fsp3) is 0.385. The molecule has 1 aliphatic rings. The van der Waals surface area contributed by atoms with E-state index >= 15 is 0 Å². The summed E-state index contributed by atoms with van der Waals surface area (Å²) < 4.78 is 10.9. The Morgan fingerprint density at radius 1 is 1.09 bits per heavy atom. The highest BCUT2D eigenvalue weighted by Gasteiger charge is 2.45. The fourth-order valence-electron chi connectivity index (χ4n) is 3.91. The Morgan fingerprint density at radius 2 is 1.82 bits per heavy atom. The number of aliphatic hydroxyl groups excluding tert-OH is 1. The first kappa shape index (κ1) is 24.3. The smallest absolute Gasteiger partial charge is 0.295 e. The van der Waals surface area contributed by atoms with Gasteiger partial charge in [0, 0.05) is 12.1 Å². The van der Waals surface area contributed by atoms with Crippen LogP contribution in [0.4, 0.5) is 0 Å². The summed E-state index contributed by atoms with van der Waals surface area (Å²) in [6, 6.07) is 13.5. The van der Waals surface area contributed by atoms with Crippen LogP contribution in [-0.2, 0) is 9.59 Å². The minimum Gasteiger partial charge on any atom is -0.507 e. The van der Waals surface area contributed by atoms with Crippen molar-refractivity contribution in [1.82, 2.24) is 9.80 Å². The van der Waals surface area contributed by atoms with Crippen molar-refractivity contribution in [3.8, 4) is 11.5 Å². The van der Waals surface area contributed by atoms with Crippen LogP contribution in [0.1, 0.15) is 36.9 Å². The van der Waals surface area contributed by atoms with Gasteiger partial charge in [-0.3, -0.25) is 9.59 Å². The summed E-state index contributed by atoms with van der Waals surface area (Å²) in [6.45, 7) is 3.82. The summed E-state index contributed by atoms with van der Waals surface area (Å²) in [7, 11) is 5.46. The number of carbonyl (C=O) groups excluding carboxylic acids is 2. The summed E-state index contributed by atoms with van der Waals surface area (Å²) in [4.78, 5) is 29.7. The van der Waals surface area contributed by atoms with Crippen molar-refractivity contribution in [2.75, 3.05) is 40.9 Å². The predicted molar refractivity (Wildman–Crippen MR) is 127 cm³/mol. The first-order chi connectivity index (χ1) is 15.9. The van der Waals surface area contributed by atoms with Crippen LogP contribution >= 0.6 is 0 Å². The van der Waals surface area contributed by atoms with Crippen LogP contribution in [0.2, 0.25) is 0 Å². The number of Topliss-reactive ketones (excluding diaryl/α,β-unsaturated/α-hetero) is 1. The third kappa shape index (κ3) is 5.54. The molecule has 1 aliphatic heterocycles. The maximum absolute atomic E-state index is 13.1. The maximum Gasteiger partial charge on any atom is 0.295 e. The number of benzene rings is 2. The van der Waals surface area contributed by atoms with Gasteiger partial charge >= 0.3 is 0 Å². The second-order valence-electron chi connectivity index (χ2n) is 8.30. The quantitative estimate of drug-likeness (QED) is 0.335. The molecule has 0 aliphatic carbocycles. The van der Waals surface area contributed by atoms with Crippen molar-refractivity contribution >= 4 is 17.4 Å². The van der Waals surface area contributed by atoms with Gasteiger partial charge in [0.05, 0.1) is 25.3 Å². The zero-order chi connectivity index (χ0) is 24.0. The zero-order valence-electron chi connectivity index (χ0n) is 19.7. The van der Waals surface area contributed by atoms with Crippen LogP contribution in [0.3, 0.4) is 0 Å². The lowest BCUT2D eigenvalue weighted by Crippen LogP contribution is -2.32. The number of likely N-dealkylation sites (tertiary alicyclic amines) is 1. The van der Waals surface area contributed by atoms with E-state index in [1.165, 1.54) is 7.11 Å². The molecule has 1 fully saturated rings. The average Bonchev–Trinajstić information content (AvgIpc) is 3.07. The van der Waals surface area contributed by atoms with E-state index < -0.39 is 17.7 Å². The standard InChI is InChI=1S/C26H32N2O5/c1-5-16-33-20-12-10-18(11-13-20)23-22(24(29)19-8-6-9-21(17-19)32-4)25(30)26(31)28(23)15-7-14-27(2)3/h6,8-13,17,23,29H,5,7,14-16H2,1-4H3. The molecule has 3 rings (SSSR count). The summed E-state index contributed by atoms with van der Waals surface area (Å²) in [5.41, 5.74) is 1.25. The second-order valence-corrected chi connectivity index (χ2v) is 8.30. The number of rotatable bonds is 10. The third-order valence-electron chi connectivity index (χ3n) is 5.56. The highest BCUT2D eigenvalue weighted by molar-refractivity contribution is 6.46. The normalized spacial score (nSPS) is 17.6. The molecule has 0 radical (unpaired) electrons. The molecule has 1 atom stereocenters. The maximum atomic E-state index is 13.1. The second kappa shape index (κ2) is 11.0. The lowest BCUT2D eigenvalue weighted by Gasteiger charge is -2.26. The number of nitrogens with zero attached hydrogens (tertiary/aromatic N) is 2. The van der Waals surface area contributed by atoms with E-state index in [9.17, 15) is 14.7 Å². The molecule has 176 valence electrons. The van der Waals surface area contributed by atoms with E-state index in [2.05, 4.69) is 0 Å². The van der Waals surface area contributed by atoms with Crippen molar-refractivity contribution in [2.24, 2.45) is 0 Å². The zero-order valence-corrected chi connectivity index (χ0v) is 19.7. The molecule has 7 nitrogen and oxygen atoms in total. The van der Waals surface area contributed by atoms with Gasteiger partial charge in [-0.1, -0.05) is 31.2 Å². The Kier molecular flexibility index (Phi) is 8.11. The Morgan fingerprint density at radius 3 is 2.45 bits per heavy atom. The van der Waals surface area contributed by atoms with Crippen LogP contribution in [-0.4, -0.2) is 67.5 Å². The molecule has 0 aromatic heterocycles. The summed E-state index contributed by atoms with van der Waals surface area (Å²) in [5, 5.41) is 11.2. The van der Waals surface area contributed by atoms with Crippen molar-refractivity contribution in [2.45, 2.75) is 25.8 Å².